The maximum Gasteiger partial charge on any atom is 0.214 e. The number of halogens is 1. The van der Waals surface area contributed by atoms with Crippen molar-refractivity contribution in [2.75, 3.05) is 0 Å². The number of oxime groups is 1. The summed E-state index contributed by atoms with van der Waals surface area (Å²) >= 11 is 5.91. The summed E-state index contributed by atoms with van der Waals surface area (Å²) in [6, 6.07) is 10.7. The molecular formula is C14H14ClN3O2. The van der Waals surface area contributed by atoms with Gasteiger partial charge in [-0.25, -0.2) is 4.98 Å². The Bertz CT molecular complexity index is 644. The van der Waals surface area contributed by atoms with Crippen LogP contribution in [0.25, 0.3) is 0 Å². The van der Waals surface area contributed by atoms with Gasteiger partial charge in [0.1, 0.15) is 6.61 Å². The summed E-state index contributed by atoms with van der Waals surface area (Å²) in [5, 5.41) is 12.3. The van der Waals surface area contributed by atoms with E-state index in [4.69, 9.17) is 27.3 Å². The van der Waals surface area contributed by atoms with E-state index in [2.05, 4.69) is 10.1 Å². The van der Waals surface area contributed by atoms with E-state index in [1.165, 1.54) is 0 Å². The molecule has 0 aliphatic rings. The van der Waals surface area contributed by atoms with Gasteiger partial charge in [-0.15, -0.1) is 0 Å². The van der Waals surface area contributed by atoms with Crippen LogP contribution >= 0.6 is 11.6 Å². The lowest BCUT2D eigenvalue weighted by atomic mass is 10.2. The van der Waals surface area contributed by atoms with Crippen LogP contribution in [0.2, 0.25) is 5.02 Å². The molecule has 2 aromatic rings. The van der Waals surface area contributed by atoms with Crippen LogP contribution < -0.4 is 10.5 Å². The summed E-state index contributed by atoms with van der Waals surface area (Å²) in [4.78, 5) is 4.24. The summed E-state index contributed by atoms with van der Waals surface area (Å²) in [6.45, 7) is 2.15. The van der Waals surface area contributed by atoms with Crippen LogP contribution in [0.1, 0.15) is 16.8 Å². The van der Waals surface area contributed by atoms with Crippen molar-refractivity contribution in [1.82, 2.24) is 4.98 Å². The van der Waals surface area contributed by atoms with E-state index in [0.29, 0.717) is 23.1 Å². The molecule has 0 atom stereocenters. The fourth-order valence-electron chi connectivity index (χ4n) is 1.70. The van der Waals surface area contributed by atoms with Crippen molar-refractivity contribution in [3.8, 4) is 5.88 Å². The Morgan fingerprint density at radius 3 is 2.90 bits per heavy atom. The highest BCUT2D eigenvalue weighted by molar-refractivity contribution is 6.30. The van der Waals surface area contributed by atoms with E-state index in [1.807, 2.05) is 18.2 Å². The summed E-state index contributed by atoms with van der Waals surface area (Å²) < 4.78 is 5.60. The third-order valence-electron chi connectivity index (χ3n) is 2.61. The van der Waals surface area contributed by atoms with Crippen molar-refractivity contribution in [3.05, 3.63) is 58.2 Å². The molecule has 0 amide bonds. The van der Waals surface area contributed by atoms with Gasteiger partial charge in [0.25, 0.3) is 0 Å². The molecule has 0 radical (unpaired) electrons. The zero-order valence-electron chi connectivity index (χ0n) is 10.9. The first kappa shape index (κ1) is 14.1. The minimum absolute atomic E-state index is 0.0168. The van der Waals surface area contributed by atoms with Crippen LogP contribution in [0, 0.1) is 6.92 Å². The Kier molecular flexibility index (Phi) is 4.42. The van der Waals surface area contributed by atoms with E-state index in [1.54, 1.807) is 25.1 Å². The molecule has 0 saturated heterocycles. The van der Waals surface area contributed by atoms with Crippen molar-refractivity contribution < 1.29 is 9.94 Å². The minimum atomic E-state index is 0.0168. The molecule has 0 unspecified atom stereocenters. The minimum Gasteiger partial charge on any atom is -0.473 e. The Morgan fingerprint density at radius 1 is 1.40 bits per heavy atom. The average Bonchev–Trinajstić information content (AvgIpc) is 2.44. The van der Waals surface area contributed by atoms with Gasteiger partial charge in [-0.05, 0) is 30.7 Å². The number of aryl methyl sites for hydroxylation is 1. The lowest BCUT2D eigenvalue weighted by Gasteiger charge is -2.08. The first-order chi connectivity index (χ1) is 9.58. The number of nitrogens with two attached hydrogens (primary N) is 1. The second-order valence-corrected chi connectivity index (χ2v) is 4.68. The maximum atomic E-state index is 8.70. The molecule has 1 heterocycles. The first-order valence-corrected chi connectivity index (χ1v) is 6.30. The summed E-state index contributed by atoms with van der Waals surface area (Å²) in [7, 11) is 0. The number of benzene rings is 1. The van der Waals surface area contributed by atoms with Gasteiger partial charge in [-0.2, -0.15) is 0 Å². The number of aromatic nitrogens is 1. The van der Waals surface area contributed by atoms with Crippen LogP contribution in [0.5, 0.6) is 5.88 Å². The van der Waals surface area contributed by atoms with Crippen LogP contribution in [-0.4, -0.2) is 16.0 Å². The number of hydrogen-bond donors (Lipinski definition) is 2. The predicted molar refractivity (Wildman–Crippen MR) is 77.3 cm³/mol. The van der Waals surface area contributed by atoms with Crippen molar-refractivity contribution in [1.29, 1.82) is 0 Å². The normalized spacial score (nSPS) is 11.4. The van der Waals surface area contributed by atoms with Gasteiger partial charge < -0.3 is 15.7 Å². The number of pyridine rings is 1. The molecule has 1 aromatic heterocycles. The number of hydrogen-bond acceptors (Lipinski definition) is 4. The van der Waals surface area contributed by atoms with Crippen molar-refractivity contribution in [2.45, 2.75) is 13.5 Å². The largest absolute Gasteiger partial charge is 0.473 e. The van der Waals surface area contributed by atoms with Gasteiger partial charge in [-0.3, -0.25) is 0 Å². The Hall–Kier alpha value is -2.27. The molecule has 1 aromatic carbocycles. The van der Waals surface area contributed by atoms with E-state index in [0.717, 1.165) is 11.3 Å². The summed E-state index contributed by atoms with van der Waals surface area (Å²) in [5.74, 6) is 0.426. The molecule has 0 spiro atoms. The molecule has 0 bridgehead atoms. The van der Waals surface area contributed by atoms with Gasteiger partial charge in [-0.1, -0.05) is 28.9 Å². The molecule has 20 heavy (non-hydrogen) atoms. The van der Waals surface area contributed by atoms with Crippen molar-refractivity contribution in [3.63, 3.8) is 0 Å². The van der Waals surface area contributed by atoms with Crippen molar-refractivity contribution in [2.24, 2.45) is 10.9 Å². The van der Waals surface area contributed by atoms with E-state index >= 15 is 0 Å². The predicted octanol–water partition coefficient (Wildman–Crippen LogP) is 2.72. The topological polar surface area (TPSA) is 80.7 Å². The molecule has 6 heteroatoms. The van der Waals surface area contributed by atoms with E-state index < -0.39 is 0 Å². The first-order valence-electron chi connectivity index (χ1n) is 5.92. The number of ether oxygens (including phenoxy) is 1. The van der Waals surface area contributed by atoms with Gasteiger partial charge in [0.15, 0.2) is 5.84 Å². The molecule has 0 aliphatic heterocycles. The molecule has 0 saturated carbocycles. The Labute approximate surface area is 121 Å². The molecule has 2 rings (SSSR count). The lowest BCUT2D eigenvalue weighted by molar-refractivity contribution is 0.293. The molecule has 0 aliphatic carbocycles. The monoisotopic (exact) mass is 291 g/mol. The van der Waals surface area contributed by atoms with Gasteiger partial charge in [0.05, 0.1) is 0 Å². The van der Waals surface area contributed by atoms with Gasteiger partial charge >= 0.3 is 0 Å². The molecule has 5 nitrogen and oxygen atoms in total. The van der Waals surface area contributed by atoms with E-state index in [9.17, 15) is 0 Å². The summed E-state index contributed by atoms with van der Waals surface area (Å²) in [5.41, 5.74) is 7.77. The average molecular weight is 292 g/mol. The molecule has 104 valence electrons. The zero-order chi connectivity index (χ0) is 14.5. The lowest BCUT2D eigenvalue weighted by Crippen LogP contribution is -2.14. The number of nitrogens with zero attached hydrogens (tertiary/aromatic N) is 2. The molecule has 3 N–H and O–H groups in total. The quantitative estimate of drug-likeness (QED) is 0.393. The van der Waals surface area contributed by atoms with Crippen molar-refractivity contribution >= 4 is 17.4 Å². The zero-order valence-corrected chi connectivity index (χ0v) is 11.6. The van der Waals surface area contributed by atoms with Crippen LogP contribution in [0.4, 0.5) is 0 Å². The fraction of sp³-hybridized carbons (Fsp3) is 0.143. The molecular weight excluding hydrogens is 278 g/mol. The number of amidine groups is 1. The summed E-state index contributed by atoms with van der Waals surface area (Å²) in [6.07, 6.45) is 0. The number of rotatable bonds is 4. The van der Waals surface area contributed by atoms with E-state index in [-0.39, 0.29) is 5.84 Å². The van der Waals surface area contributed by atoms with Gasteiger partial charge in [0, 0.05) is 22.3 Å². The third kappa shape index (κ3) is 3.61. The smallest absolute Gasteiger partial charge is 0.214 e. The second kappa shape index (κ2) is 6.25. The second-order valence-electron chi connectivity index (χ2n) is 4.24. The highest BCUT2D eigenvalue weighted by atomic mass is 35.5. The highest BCUT2D eigenvalue weighted by Crippen LogP contribution is 2.16. The van der Waals surface area contributed by atoms with Crippen LogP contribution in [-0.2, 0) is 6.61 Å². The van der Waals surface area contributed by atoms with Gasteiger partial charge in [0.2, 0.25) is 5.88 Å². The molecule has 0 fully saturated rings. The third-order valence-corrected chi connectivity index (χ3v) is 2.84. The van der Waals surface area contributed by atoms with Crippen LogP contribution in [0.15, 0.2) is 41.6 Å². The Morgan fingerprint density at radius 2 is 2.20 bits per heavy atom. The maximum absolute atomic E-state index is 8.70. The van der Waals surface area contributed by atoms with Crippen LogP contribution in [0.3, 0.4) is 0 Å². The standard InChI is InChI=1S/C14H14ClN3O2/c1-9-5-11(14(16)18-19)7-13(17-9)20-8-10-3-2-4-12(15)6-10/h2-7,19H,8H2,1H3,(H2,16,18). The Balaban J connectivity index is 2.15. The highest BCUT2D eigenvalue weighted by Gasteiger charge is 2.05. The fourth-order valence-corrected chi connectivity index (χ4v) is 1.91. The SMILES string of the molecule is Cc1cc(/C(N)=N/O)cc(OCc2cccc(Cl)c2)n1.